The van der Waals surface area contributed by atoms with Crippen molar-refractivity contribution >= 4 is 41.1 Å². The van der Waals surface area contributed by atoms with Crippen molar-refractivity contribution in [3.05, 3.63) is 39.1 Å². The van der Waals surface area contributed by atoms with Crippen LogP contribution in [0.5, 0.6) is 0 Å². The van der Waals surface area contributed by atoms with Crippen molar-refractivity contribution in [2.24, 2.45) is 4.99 Å². The molecule has 0 aliphatic heterocycles. The molecule has 0 aliphatic rings. The molecule has 0 radical (unpaired) electrons. The van der Waals surface area contributed by atoms with Gasteiger partial charge in [0.2, 0.25) is 0 Å². The summed E-state index contributed by atoms with van der Waals surface area (Å²) in [5.74, 6) is -2.91. The molecule has 0 spiro atoms. The lowest BCUT2D eigenvalue weighted by Crippen LogP contribution is -2.13. The summed E-state index contributed by atoms with van der Waals surface area (Å²) < 4.78 is 13.5. The average molecular weight is 334 g/mol. The third kappa shape index (κ3) is 4.72. The van der Waals surface area contributed by atoms with Crippen molar-refractivity contribution in [1.82, 2.24) is 0 Å². The van der Waals surface area contributed by atoms with E-state index in [1.54, 1.807) is 20.8 Å². The predicted octanol–water partition coefficient (Wildman–Crippen LogP) is 4.36. The second-order valence-corrected chi connectivity index (χ2v) is 6.06. The van der Waals surface area contributed by atoms with E-state index >= 15 is 0 Å². The van der Waals surface area contributed by atoms with Gasteiger partial charge in [-0.15, -0.1) is 0 Å². The molecule has 0 unspecified atom stereocenters. The molecule has 1 aromatic carbocycles. The van der Waals surface area contributed by atoms with Crippen LogP contribution < -0.4 is 0 Å². The van der Waals surface area contributed by atoms with E-state index in [4.69, 9.17) is 28.3 Å². The van der Waals surface area contributed by atoms with E-state index in [1.807, 2.05) is 0 Å². The normalized spacial score (nSPS) is 13.4. The quantitative estimate of drug-likeness (QED) is 0.373. The van der Waals surface area contributed by atoms with Crippen LogP contribution in [0, 0.1) is 5.82 Å². The minimum absolute atomic E-state index is 0.0678. The largest absolute Gasteiger partial charge is 0.506 e. The Morgan fingerprint density at radius 2 is 1.81 bits per heavy atom. The number of aliphatic imine (C=N–C) groups is 1. The van der Waals surface area contributed by atoms with Crippen LogP contribution in [0.4, 0.5) is 4.39 Å². The Hall–Kier alpha value is -1.59. The zero-order valence-corrected chi connectivity index (χ0v) is 13.1. The van der Waals surface area contributed by atoms with Gasteiger partial charge >= 0.3 is 5.97 Å². The fraction of sp³-hybridized carbons (Fsp3) is 0.286. The standard InChI is InChI=1S/C14H14Cl2FNO3/c1-14(2,3)18-6-8(13(20)21)12(19)7-4-11(17)10(16)5-9(7)15/h4-6,19H,1-3H3,(H,20,21). The number of carboxylic acids is 1. The highest BCUT2D eigenvalue weighted by Gasteiger charge is 2.19. The Kier molecular flexibility index (Phi) is 5.36. The summed E-state index contributed by atoms with van der Waals surface area (Å²) in [7, 11) is 0. The molecule has 0 fully saturated rings. The summed E-state index contributed by atoms with van der Waals surface area (Å²) in [6.45, 7) is 5.28. The molecule has 0 heterocycles. The summed E-state index contributed by atoms with van der Waals surface area (Å²) in [5, 5.41) is 18.9. The van der Waals surface area contributed by atoms with Crippen LogP contribution in [0.15, 0.2) is 22.7 Å². The Morgan fingerprint density at radius 1 is 1.24 bits per heavy atom. The molecule has 4 nitrogen and oxygen atoms in total. The number of hydrogen-bond donors (Lipinski definition) is 2. The van der Waals surface area contributed by atoms with Gasteiger partial charge in [-0.05, 0) is 32.9 Å². The van der Waals surface area contributed by atoms with Crippen LogP contribution in [0.2, 0.25) is 10.0 Å². The number of carboxylic acid groups (broad SMARTS) is 1. The monoisotopic (exact) mass is 333 g/mol. The lowest BCUT2D eigenvalue weighted by molar-refractivity contribution is -0.132. The first-order valence-corrected chi connectivity index (χ1v) is 6.65. The van der Waals surface area contributed by atoms with Crippen LogP contribution in [-0.2, 0) is 4.79 Å². The van der Waals surface area contributed by atoms with Crippen molar-refractivity contribution < 1.29 is 19.4 Å². The molecule has 1 rings (SSSR count). The molecule has 0 amide bonds. The topological polar surface area (TPSA) is 69.9 Å². The molecule has 114 valence electrons. The smallest absolute Gasteiger partial charge is 0.341 e. The molecule has 0 atom stereocenters. The number of aliphatic hydroxyl groups is 1. The molecule has 2 N–H and O–H groups in total. The van der Waals surface area contributed by atoms with Crippen molar-refractivity contribution in [3.8, 4) is 0 Å². The van der Waals surface area contributed by atoms with Crippen LogP contribution >= 0.6 is 23.2 Å². The van der Waals surface area contributed by atoms with Gasteiger partial charge in [0, 0.05) is 11.8 Å². The maximum atomic E-state index is 13.5. The molecular formula is C14H14Cl2FNO3. The molecular weight excluding hydrogens is 320 g/mol. The highest BCUT2D eigenvalue weighted by molar-refractivity contribution is 6.36. The maximum Gasteiger partial charge on any atom is 0.341 e. The fourth-order valence-corrected chi connectivity index (χ4v) is 1.80. The highest BCUT2D eigenvalue weighted by atomic mass is 35.5. The van der Waals surface area contributed by atoms with Crippen LogP contribution in [0.1, 0.15) is 26.3 Å². The van der Waals surface area contributed by atoms with Gasteiger partial charge in [0.05, 0.1) is 15.6 Å². The molecule has 0 saturated carbocycles. The number of halogens is 3. The van der Waals surface area contributed by atoms with Gasteiger partial charge in [0.15, 0.2) is 0 Å². The molecule has 7 heteroatoms. The van der Waals surface area contributed by atoms with Gasteiger partial charge in [0.25, 0.3) is 0 Å². The minimum atomic E-state index is -1.41. The number of carbonyl (C=O) groups is 1. The van der Waals surface area contributed by atoms with E-state index in [2.05, 4.69) is 4.99 Å². The molecule has 0 aliphatic carbocycles. The second-order valence-electron chi connectivity index (χ2n) is 5.24. The first-order chi connectivity index (χ1) is 9.53. The summed E-state index contributed by atoms with van der Waals surface area (Å²) in [4.78, 5) is 15.2. The zero-order valence-electron chi connectivity index (χ0n) is 11.6. The summed E-state index contributed by atoms with van der Waals surface area (Å²) in [5.41, 5.74) is -1.19. The number of aliphatic carboxylic acids is 1. The van der Waals surface area contributed by atoms with Crippen molar-refractivity contribution in [2.45, 2.75) is 26.3 Å². The van der Waals surface area contributed by atoms with Crippen LogP contribution in [0.25, 0.3) is 5.76 Å². The first-order valence-electron chi connectivity index (χ1n) is 5.89. The third-order valence-electron chi connectivity index (χ3n) is 2.33. The number of hydrogen-bond acceptors (Lipinski definition) is 3. The Bertz CT molecular complexity index is 634. The van der Waals surface area contributed by atoms with Crippen LogP contribution in [-0.4, -0.2) is 27.9 Å². The molecule has 0 aromatic heterocycles. The van der Waals surface area contributed by atoms with Gasteiger partial charge in [-0.3, -0.25) is 4.99 Å². The summed E-state index contributed by atoms with van der Waals surface area (Å²) >= 11 is 11.4. The zero-order chi connectivity index (χ0) is 16.4. The fourth-order valence-electron chi connectivity index (χ4n) is 1.32. The number of nitrogens with zero attached hydrogens (tertiary/aromatic N) is 1. The van der Waals surface area contributed by atoms with Gasteiger partial charge in [0.1, 0.15) is 17.1 Å². The lowest BCUT2D eigenvalue weighted by atomic mass is 10.1. The van der Waals surface area contributed by atoms with E-state index in [0.717, 1.165) is 18.3 Å². The third-order valence-corrected chi connectivity index (χ3v) is 2.93. The number of benzene rings is 1. The predicted molar refractivity (Wildman–Crippen MR) is 81.8 cm³/mol. The van der Waals surface area contributed by atoms with Gasteiger partial charge in [-0.2, -0.15) is 0 Å². The van der Waals surface area contributed by atoms with Crippen molar-refractivity contribution in [3.63, 3.8) is 0 Å². The Morgan fingerprint density at radius 3 is 2.29 bits per heavy atom. The van der Waals surface area contributed by atoms with E-state index in [-0.39, 0.29) is 15.6 Å². The maximum absolute atomic E-state index is 13.5. The second kappa shape index (κ2) is 6.45. The lowest BCUT2D eigenvalue weighted by Gasteiger charge is -2.12. The van der Waals surface area contributed by atoms with Gasteiger partial charge in [-0.25, -0.2) is 9.18 Å². The van der Waals surface area contributed by atoms with Crippen LogP contribution in [0.3, 0.4) is 0 Å². The Labute approximate surface area is 131 Å². The Balaban J connectivity index is 3.45. The van der Waals surface area contributed by atoms with E-state index in [9.17, 15) is 14.3 Å². The average Bonchev–Trinajstić information content (AvgIpc) is 2.31. The summed E-state index contributed by atoms with van der Waals surface area (Å²) in [6, 6.07) is 1.96. The van der Waals surface area contributed by atoms with E-state index in [1.165, 1.54) is 0 Å². The molecule has 0 bridgehead atoms. The van der Waals surface area contributed by atoms with Crippen molar-refractivity contribution in [2.75, 3.05) is 0 Å². The first kappa shape index (κ1) is 17.5. The minimum Gasteiger partial charge on any atom is -0.506 e. The van der Waals surface area contributed by atoms with E-state index < -0.39 is 28.7 Å². The molecule has 1 aromatic rings. The van der Waals surface area contributed by atoms with E-state index in [0.29, 0.717) is 0 Å². The highest BCUT2D eigenvalue weighted by Crippen LogP contribution is 2.29. The number of rotatable bonds is 3. The molecule has 21 heavy (non-hydrogen) atoms. The molecule has 0 saturated heterocycles. The number of aliphatic hydroxyl groups excluding tert-OH is 1. The SMILES string of the molecule is CC(C)(C)N=CC(C(=O)O)=C(O)c1cc(F)c(Cl)cc1Cl. The van der Waals surface area contributed by atoms with Crippen molar-refractivity contribution in [1.29, 1.82) is 0 Å². The van der Waals surface area contributed by atoms with Gasteiger partial charge < -0.3 is 10.2 Å². The van der Waals surface area contributed by atoms with Gasteiger partial charge in [-0.1, -0.05) is 23.2 Å². The summed E-state index contributed by atoms with van der Waals surface area (Å²) in [6.07, 6.45) is 1.01.